The number of fused-ring (bicyclic) bond motifs is 1. The van der Waals surface area contributed by atoms with Gasteiger partial charge in [0.15, 0.2) is 0 Å². The van der Waals surface area contributed by atoms with Gasteiger partial charge in [-0.2, -0.15) is 30.2 Å². The molecule has 0 N–H and O–H groups in total. The van der Waals surface area contributed by atoms with Crippen molar-refractivity contribution in [1.29, 1.82) is 0 Å². The molecule has 0 saturated carbocycles. The quantitative estimate of drug-likeness (QED) is 0.814. The van der Waals surface area contributed by atoms with Crippen LogP contribution < -0.4 is 4.90 Å². The van der Waals surface area contributed by atoms with Crippen LogP contribution in [0.1, 0.15) is 12.0 Å². The van der Waals surface area contributed by atoms with Crippen LogP contribution in [0, 0.1) is 5.92 Å². The average molecular weight is 364 g/mol. The Labute approximate surface area is 139 Å². The number of halogens is 3. The molecule has 3 rings (SSSR count). The summed E-state index contributed by atoms with van der Waals surface area (Å²) in [5, 5.41) is 0. The summed E-state index contributed by atoms with van der Waals surface area (Å²) in [6.45, 7) is 1.52. The molecule has 10 heteroatoms. The molecule has 2 aliphatic rings. The molecule has 1 aromatic rings. The van der Waals surface area contributed by atoms with E-state index in [4.69, 9.17) is 0 Å². The van der Waals surface area contributed by atoms with Gasteiger partial charge in [0.05, 0.1) is 5.56 Å². The predicted octanol–water partition coefficient (Wildman–Crippen LogP) is 1.42. The maximum Gasteiger partial charge on any atom is 0.417 e. The van der Waals surface area contributed by atoms with E-state index in [-0.39, 0.29) is 12.0 Å². The van der Waals surface area contributed by atoms with Gasteiger partial charge in [0.2, 0.25) is 0 Å². The normalized spacial score (nSPS) is 25.5. The van der Waals surface area contributed by atoms with Crippen LogP contribution >= 0.6 is 0 Å². The van der Waals surface area contributed by atoms with Crippen LogP contribution in [-0.2, 0) is 16.4 Å². The van der Waals surface area contributed by atoms with E-state index < -0.39 is 21.9 Å². The molecular weight excluding hydrogens is 345 g/mol. The predicted molar refractivity (Wildman–Crippen MR) is 82.7 cm³/mol. The monoisotopic (exact) mass is 364 g/mol. The smallest absolute Gasteiger partial charge is 0.355 e. The Balaban J connectivity index is 1.76. The number of aromatic nitrogens is 1. The van der Waals surface area contributed by atoms with E-state index in [1.54, 1.807) is 0 Å². The summed E-state index contributed by atoms with van der Waals surface area (Å²) < 4.78 is 65.2. The molecule has 0 aromatic carbocycles. The summed E-state index contributed by atoms with van der Waals surface area (Å²) in [4.78, 5) is 5.76. The summed E-state index contributed by atoms with van der Waals surface area (Å²) in [6, 6.07) is 2.18. The van der Waals surface area contributed by atoms with Crippen LogP contribution in [0.4, 0.5) is 19.0 Å². The number of rotatable bonds is 3. The lowest BCUT2D eigenvalue weighted by Crippen LogP contribution is -2.45. The van der Waals surface area contributed by atoms with E-state index in [2.05, 4.69) is 4.98 Å². The average Bonchev–Trinajstić information content (AvgIpc) is 3.06. The van der Waals surface area contributed by atoms with Crippen LogP contribution in [0.15, 0.2) is 18.3 Å². The van der Waals surface area contributed by atoms with Crippen LogP contribution in [-0.4, -0.2) is 61.8 Å². The van der Waals surface area contributed by atoms with Gasteiger partial charge >= 0.3 is 6.18 Å². The molecule has 134 valence electrons. The highest BCUT2D eigenvalue weighted by atomic mass is 32.2. The van der Waals surface area contributed by atoms with Crippen molar-refractivity contribution in [1.82, 2.24) is 13.6 Å². The number of nitrogens with zero attached hydrogens (tertiary/aromatic N) is 4. The molecule has 0 radical (unpaired) electrons. The van der Waals surface area contributed by atoms with Crippen molar-refractivity contribution in [3.63, 3.8) is 0 Å². The molecule has 1 aromatic heterocycles. The zero-order valence-electron chi connectivity index (χ0n) is 13.4. The fourth-order valence-corrected chi connectivity index (χ4v) is 4.68. The SMILES string of the molecule is CN(C)S(=O)(=O)N1CCC2CN(c3ccc(C(F)(F)F)cn3)CC21. The highest BCUT2D eigenvalue weighted by Gasteiger charge is 2.47. The Kier molecular flexibility index (Phi) is 4.25. The molecule has 0 spiro atoms. The van der Waals surface area contributed by atoms with Crippen molar-refractivity contribution in [3.05, 3.63) is 23.9 Å². The molecule has 2 atom stereocenters. The van der Waals surface area contributed by atoms with E-state index in [0.717, 1.165) is 18.7 Å². The topological polar surface area (TPSA) is 56.8 Å². The first-order valence-electron chi connectivity index (χ1n) is 7.58. The van der Waals surface area contributed by atoms with Crippen LogP contribution in [0.25, 0.3) is 0 Å². The number of pyridine rings is 1. The Morgan fingerprint density at radius 3 is 2.50 bits per heavy atom. The molecule has 0 bridgehead atoms. The van der Waals surface area contributed by atoms with Gasteiger partial charge in [0.1, 0.15) is 5.82 Å². The highest BCUT2D eigenvalue weighted by Crippen LogP contribution is 2.36. The Bertz CT molecular complexity index is 706. The first-order valence-corrected chi connectivity index (χ1v) is 8.98. The summed E-state index contributed by atoms with van der Waals surface area (Å²) in [5.74, 6) is 0.614. The Morgan fingerprint density at radius 1 is 1.25 bits per heavy atom. The summed E-state index contributed by atoms with van der Waals surface area (Å²) in [5.41, 5.74) is -0.789. The lowest BCUT2D eigenvalue weighted by Gasteiger charge is -2.27. The van der Waals surface area contributed by atoms with Crippen molar-refractivity contribution in [2.24, 2.45) is 5.92 Å². The van der Waals surface area contributed by atoms with Gasteiger partial charge in [-0.3, -0.25) is 0 Å². The van der Waals surface area contributed by atoms with Crippen LogP contribution in [0.3, 0.4) is 0 Å². The van der Waals surface area contributed by atoms with Crippen molar-refractivity contribution in [2.45, 2.75) is 18.6 Å². The first kappa shape index (κ1) is 17.4. The third kappa shape index (κ3) is 2.98. The van der Waals surface area contributed by atoms with Gasteiger partial charge in [-0.15, -0.1) is 0 Å². The van der Waals surface area contributed by atoms with Gasteiger partial charge in [0, 0.05) is 46.0 Å². The zero-order chi connectivity index (χ0) is 17.7. The number of hydrogen-bond donors (Lipinski definition) is 0. The number of alkyl halides is 3. The molecule has 2 fully saturated rings. The Morgan fingerprint density at radius 2 is 1.96 bits per heavy atom. The minimum Gasteiger partial charge on any atom is -0.355 e. The highest BCUT2D eigenvalue weighted by molar-refractivity contribution is 7.86. The third-order valence-electron chi connectivity index (χ3n) is 4.65. The van der Waals surface area contributed by atoms with E-state index in [1.165, 1.54) is 28.8 Å². The minimum atomic E-state index is -4.41. The zero-order valence-corrected chi connectivity index (χ0v) is 14.2. The van der Waals surface area contributed by atoms with Gasteiger partial charge in [0.25, 0.3) is 10.2 Å². The van der Waals surface area contributed by atoms with Crippen LogP contribution in [0.5, 0.6) is 0 Å². The minimum absolute atomic E-state index is 0.165. The molecule has 2 saturated heterocycles. The van der Waals surface area contributed by atoms with Crippen molar-refractivity contribution >= 4 is 16.0 Å². The standard InChI is InChI=1S/C14H19F3N4O2S/c1-19(2)24(22,23)21-6-5-10-8-20(9-12(10)21)13-4-3-11(7-18-13)14(15,16)17/h3-4,7,10,12H,5-6,8-9H2,1-2H3. The lowest BCUT2D eigenvalue weighted by atomic mass is 10.1. The second kappa shape index (κ2) is 5.85. The third-order valence-corrected chi connectivity index (χ3v) is 6.62. The largest absolute Gasteiger partial charge is 0.417 e. The number of anilines is 1. The molecule has 3 heterocycles. The van der Waals surface area contributed by atoms with E-state index in [1.807, 2.05) is 4.90 Å². The summed E-state index contributed by atoms with van der Waals surface area (Å²) >= 11 is 0. The molecule has 0 amide bonds. The summed E-state index contributed by atoms with van der Waals surface area (Å²) in [7, 11) is -0.506. The lowest BCUT2D eigenvalue weighted by molar-refractivity contribution is -0.137. The first-order chi connectivity index (χ1) is 11.1. The second-order valence-corrected chi connectivity index (χ2v) is 8.42. The van der Waals surface area contributed by atoms with Gasteiger partial charge in [-0.05, 0) is 24.5 Å². The van der Waals surface area contributed by atoms with E-state index >= 15 is 0 Å². The van der Waals surface area contributed by atoms with Crippen molar-refractivity contribution in [3.8, 4) is 0 Å². The Hall–Kier alpha value is -1.39. The second-order valence-electron chi connectivity index (χ2n) is 6.32. The van der Waals surface area contributed by atoms with Gasteiger partial charge in [-0.1, -0.05) is 0 Å². The van der Waals surface area contributed by atoms with E-state index in [0.29, 0.717) is 25.5 Å². The van der Waals surface area contributed by atoms with Crippen molar-refractivity contribution in [2.75, 3.05) is 38.6 Å². The summed E-state index contributed by atoms with van der Waals surface area (Å²) in [6.07, 6.45) is -2.85. The maximum atomic E-state index is 12.6. The maximum absolute atomic E-state index is 12.6. The molecule has 6 nitrogen and oxygen atoms in total. The fourth-order valence-electron chi connectivity index (χ4n) is 3.35. The van der Waals surface area contributed by atoms with Gasteiger partial charge < -0.3 is 4.90 Å². The van der Waals surface area contributed by atoms with Gasteiger partial charge in [-0.25, -0.2) is 4.98 Å². The van der Waals surface area contributed by atoms with Crippen LogP contribution in [0.2, 0.25) is 0 Å². The number of hydrogen-bond acceptors (Lipinski definition) is 4. The molecule has 24 heavy (non-hydrogen) atoms. The van der Waals surface area contributed by atoms with E-state index in [9.17, 15) is 21.6 Å². The molecule has 2 unspecified atom stereocenters. The van der Waals surface area contributed by atoms with Crippen molar-refractivity contribution < 1.29 is 21.6 Å². The fraction of sp³-hybridized carbons (Fsp3) is 0.643. The molecule has 2 aliphatic heterocycles. The molecular formula is C14H19F3N4O2S. The molecule has 0 aliphatic carbocycles.